The average Bonchev–Trinajstić information content (AvgIpc) is 3.03. The van der Waals surface area contributed by atoms with Gasteiger partial charge in [0.05, 0.1) is 23.3 Å². The predicted molar refractivity (Wildman–Crippen MR) is 118 cm³/mol. The molecule has 0 aliphatic carbocycles. The maximum absolute atomic E-state index is 13.1. The monoisotopic (exact) mass is 480 g/mol. The van der Waals surface area contributed by atoms with Gasteiger partial charge in [0.15, 0.2) is 0 Å². The number of aliphatic carboxylic acids is 1. The molecule has 2 N–H and O–H groups in total. The number of methoxy groups -OCH3 is 1. The number of halogens is 2. The second-order valence-electron chi connectivity index (χ2n) is 7.56. The first-order valence-electron chi connectivity index (χ1n) is 10.1. The van der Waals surface area contributed by atoms with E-state index in [4.69, 9.17) is 37.8 Å². The number of rotatable bonds is 7. The Bertz CT molecular complexity index is 1030. The highest BCUT2D eigenvalue weighted by Crippen LogP contribution is 2.41. The summed E-state index contributed by atoms with van der Waals surface area (Å²) in [5.41, 5.74) is 1.17. The zero-order chi connectivity index (χ0) is 22.8. The van der Waals surface area contributed by atoms with E-state index in [1.165, 1.54) is 18.2 Å². The fourth-order valence-corrected chi connectivity index (χ4v) is 4.48. The Morgan fingerprint density at radius 3 is 2.84 bits per heavy atom. The molecule has 2 atom stereocenters. The molecule has 1 fully saturated rings. The van der Waals surface area contributed by atoms with Crippen molar-refractivity contribution < 1.29 is 24.2 Å². The van der Waals surface area contributed by atoms with E-state index in [-0.39, 0.29) is 12.5 Å². The Labute approximate surface area is 194 Å². The van der Waals surface area contributed by atoms with Crippen LogP contribution in [0.2, 0.25) is 5.02 Å². The van der Waals surface area contributed by atoms with Crippen molar-refractivity contribution in [3.05, 3.63) is 40.5 Å². The largest absolute Gasteiger partial charge is 0.481 e. The Kier molecular flexibility index (Phi) is 6.80. The van der Waals surface area contributed by atoms with Gasteiger partial charge in [-0.3, -0.25) is 14.5 Å². The number of fused-ring (bicyclic) bond motifs is 1. The van der Waals surface area contributed by atoms with E-state index in [1.54, 1.807) is 18.2 Å². The predicted octanol–water partition coefficient (Wildman–Crippen LogP) is 3.53. The van der Waals surface area contributed by atoms with Crippen LogP contribution in [-0.2, 0) is 14.3 Å². The number of alkyl halides is 1. The van der Waals surface area contributed by atoms with Gasteiger partial charge >= 0.3 is 5.97 Å². The summed E-state index contributed by atoms with van der Waals surface area (Å²) in [5.74, 6) is -1.07. The number of nitrogens with zero attached hydrogens (tertiary/aromatic N) is 3. The standard InChI is InChI=1S/C21H22Cl2N4O5/c1-31-16(9-17(28)29)27-19(23)13-3-2-11(8-14(13)20(27)30)18-15(22)10-24-21(26-18)25-12-4-6-32-7-5-12/h2-3,8,10,12,16,19H,4-7,9H2,1H3,(H,28,29)(H,24,25,26). The summed E-state index contributed by atoms with van der Waals surface area (Å²) < 4.78 is 10.6. The highest BCUT2D eigenvalue weighted by molar-refractivity contribution is 6.33. The third-order valence-corrected chi connectivity index (χ3v) is 6.24. The molecule has 0 spiro atoms. The van der Waals surface area contributed by atoms with Gasteiger partial charge in [0, 0.05) is 43.1 Å². The number of carbonyl (C=O) groups excluding carboxylic acids is 1. The van der Waals surface area contributed by atoms with E-state index < -0.39 is 23.6 Å². The van der Waals surface area contributed by atoms with Crippen LogP contribution in [0.15, 0.2) is 24.4 Å². The van der Waals surface area contributed by atoms with Crippen molar-refractivity contribution in [2.45, 2.75) is 37.0 Å². The highest BCUT2D eigenvalue weighted by atomic mass is 35.5. The van der Waals surface area contributed by atoms with E-state index in [0.29, 0.717) is 46.6 Å². The number of ether oxygens (including phenoxy) is 2. The minimum Gasteiger partial charge on any atom is -0.481 e. The van der Waals surface area contributed by atoms with Gasteiger partial charge in [-0.2, -0.15) is 0 Å². The molecule has 4 rings (SSSR count). The lowest BCUT2D eigenvalue weighted by Gasteiger charge is -2.28. The Morgan fingerprint density at radius 2 is 2.16 bits per heavy atom. The molecule has 1 amide bonds. The van der Waals surface area contributed by atoms with Crippen LogP contribution >= 0.6 is 23.2 Å². The first kappa shape index (κ1) is 22.7. The number of carboxylic acids is 1. The van der Waals surface area contributed by atoms with E-state index in [1.807, 2.05) is 0 Å². The molecule has 0 radical (unpaired) electrons. The van der Waals surface area contributed by atoms with Crippen molar-refractivity contribution in [2.75, 3.05) is 25.6 Å². The number of carbonyl (C=O) groups is 2. The van der Waals surface area contributed by atoms with Crippen molar-refractivity contribution in [3.63, 3.8) is 0 Å². The Morgan fingerprint density at radius 1 is 1.41 bits per heavy atom. The van der Waals surface area contributed by atoms with Crippen molar-refractivity contribution >= 4 is 41.0 Å². The smallest absolute Gasteiger partial charge is 0.307 e. The van der Waals surface area contributed by atoms with Crippen molar-refractivity contribution in [1.29, 1.82) is 0 Å². The van der Waals surface area contributed by atoms with Gasteiger partial charge in [-0.15, -0.1) is 0 Å². The van der Waals surface area contributed by atoms with Crippen LogP contribution in [-0.4, -0.2) is 64.4 Å². The second kappa shape index (κ2) is 9.58. The zero-order valence-corrected chi connectivity index (χ0v) is 18.8. The minimum absolute atomic E-state index is 0.213. The molecule has 2 unspecified atom stereocenters. The molecular weight excluding hydrogens is 459 g/mol. The highest BCUT2D eigenvalue weighted by Gasteiger charge is 2.41. The molecule has 2 aliphatic rings. The van der Waals surface area contributed by atoms with E-state index >= 15 is 0 Å². The number of hydrogen-bond acceptors (Lipinski definition) is 7. The van der Waals surface area contributed by atoms with Gasteiger partial charge in [-0.1, -0.05) is 35.3 Å². The number of anilines is 1. The Balaban J connectivity index is 1.62. The normalized spacial score (nSPS) is 19.7. The van der Waals surface area contributed by atoms with Gasteiger partial charge in [0.1, 0.15) is 11.7 Å². The van der Waals surface area contributed by atoms with Gasteiger partial charge in [0.2, 0.25) is 5.95 Å². The average molecular weight is 481 g/mol. The molecule has 1 aromatic carbocycles. The van der Waals surface area contributed by atoms with Crippen LogP contribution < -0.4 is 5.32 Å². The zero-order valence-electron chi connectivity index (χ0n) is 17.3. The van der Waals surface area contributed by atoms with Gasteiger partial charge in [-0.25, -0.2) is 9.97 Å². The second-order valence-corrected chi connectivity index (χ2v) is 8.38. The topological polar surface area (TPSA) is 114 Å². The maximum Gasteiger partial charge on any atom is 0.307 e. The lowest BCUT2D eigenvalue weighted by atomic mass is 10.0. The van der Waals surface area contributed by atoms with Gasteiger partial charge in [-0.05, 0) is 18.9 Å². The molecule has 9 nitrogen and oxygen atoms in total. The van der Waals surface area contributed by atoms with Gasteiger partial charge < -0.3 is 19.9 Å². The van der Waals surface area contributed by atoms with Crippen molar-refractivity contribution in [3.8, 4) is 11.3 Å². The van der Waals surface area contributed by atoms with Crippen molar-refractivity contribution in [2.24, 2.45) is 0 Å². The number of nitrogens with one attached hydrogen (secondary N) is 1. The molecule has 3 heterocycles. The summed E-state index contributed by atoms with van der Waals surface area (Å²) in [7, 11) is 1.34. The van der Waals surface area contributed by atoms with E-state index in [2.05, 4.69) is 15.3 Å². The first-order chi connectivity index (χ1) is 15.4. The number of amides is 1. The SMILES string of the molecule is COC(CC(=O)O)N1C(=O)c2cc(-c3nc(NC4CCOCC4)ncc3Cl)ccc2C1Cl. The molecule has 1 aromatic heterocycles. The molecule has 0 saturated carbocycles. The fourth-order valence-electron chi connectivity index (χ4n) is 3.87. The maximum atomic E-state index is 13.1. The summed E-state index contributed by atoms with van der Waals surface area (Å²) in [6.07, 6.45) is 1.87. The van der Waals surface area contributed by atoms with E-state index in [9.17, 15) is 9.59 Å². The molecule has 2 aliphatic heterocycles. The Hall–Kier alpha value is -2.46. The lowest BCUT2D eigenvalue weighted by Crippen LogP contribution is -2.39. The molecule has 2 aromatic rings. The quantitative estimate of drug-likeness (QED) is 0.456. The third kappa shape index (κ3) is 4.52. The number of carboxylic acid groups (broad SMARTS) is 1. The van der Waals surface area contributed by atoms with Crippen molar-refractivity contribution in [1.82, 2.24) is 14.9 Å². The van der Waals surface area contributed by atoms with Crippen LogP contribution in [0.25, 0.3) is 11.3 Å². The molecule has 0 bridgehead atoms. The van der Waals surface area contributed by atoms with Crippen LogP contribution in [0.5, 0.6) is 0 Å². The number of hydrogen-bond donors (Lipinski definition) is 2. The summed E-state index contributed by atoms with van der Waals surface area (Å²) in [6.45, 7) is 1.37. The third-order valence-electron chi connectivity index (χ3n) is 5.52. The van der Waals surface area contributed by atoms with Crippen LogP contribution in [0.4, 0.5) is 5.95 Å². The summed E-state index contributed by atoms with van der Waals surface area (Å²) in [4.78, 5) is 34.3. The van der Waals surface area contributed by atoms with Gasteiger partial charge in [0.25, 0.3) is 5.91 Å². The number of aromatic nitrogens is 2. The minimum atomic E-state index is -1.09. The molecule has 32 heavy (non-hydrogen) atoms. The summed E-state index contributed by atoms with van der Waals surface area (Å²) >= 11 is 12.9. The van der Waals surface area contributed by atoms with Crippen LogP contribution in [0, 0.1) is 0 Å². The molecule has 1 saturated heterocycles. The summed E-state index contributed by atoms with van der Waals surface area (Å²) in [6, 6.07) is 5.37. The number of benzene rings is 1. The lowest BCUT2D eigenvalue weighted by molar-refractivity contribution is -0.142. The fraction of sp³-hybridized carbons (Fsp3) is 0.429. The molecule has 170 valence electrons. The first-order valence-corrected chi connectivity index (χ1v) is 10.9. The van der Waals surface area contributed by atoms with Crippen LogP contribution in [0.3, 0.4) is 0 Å². The van der Waals surface area contributed by atoms with Crippen LogP contribution in [0.1, 0.15) is 40.7 Å². The molecule has 11 heteroatoms. The summed E-state index contributed by atoms with van der Waals surface area (Å²) in [5, 5.41) is 12.8. The van der Waals surface area contributed by atoms with E-state index in [0.717, 1.165) is 12.8 Å². The molecular formula is C21H22Cl2N4O5.